The van der Waals surface area contributed by atoms with E-state index in [1.807, 2.05) is 11.9 Å². The zero-order valence-electron chi connectivity index (χ0n) is 12.3. The van der Waals surface area contributed by atoms with Gasteiger partial charge in [0.25, 0.3) is 0 Å². The molecule has 0 radical (unpaired) electrons. The van der Waals surface area contributed by atoms with E-state index in [0.717, 1.165) is 22.5 Å². The maximum atomic E-state index is 9.98. The van der Waals surface area contributed by atoms with Crippen molar-refractivity contribution >= 4 is 33.3 Å². The molecule has 0 spiro atoms. The number of anilines is 2. The number of hydrogen-bond donors (Lipinski definition) is 3. The molecule has 0 aromatic carbocycles. The lowest BCUT2D eigenvalue weighted by Crippen LogP contribution is -2.36. The van der Waals surface area contributed by atoms with E-state index in [-0.39, 0.29) is 0 Å². The van der Waals surface area contributed by atoms with Crippen LogP contribution in [0.15, 0.2) is 6.07 Å². The second kappa shape index (κ2) is 5.51. The number of rotatable bonds is 5. The molecular weight excluding hydrogens is 274 g/mol. The molecule has 4 N–H and O–H groups in total. The minimum Gasteiger partial charge on any atom is -0.389 e. The highest BCUT2D eigenvalue weighted by atomic mass is 32.1. The van der Waals surface area contributed by atoms with Crippen LogP contribution in [0.2, 0.25) is 0 Å². The normalized spacial score (nSPS) is 11.9. The first kappa shape index (κ1) is 15.0. The van der Waals surface area contributed by atoms with Gasteiger partial charge in [0, 0.05) is 18.5 Å². The third-order valence-electron chi connectivity index (χ3n) is 2.89. The highest BCUT2D eigenvalue weighted by molar-refractivity contribution is 7.18. The largest absolute Gasteiger partial charge is 0.389 e. The van der Waals surface area contributed by atoms with Crippen LogP contribution >= 0.6 is 11.3 Å². The summed E-state index contributed by atoms with van der Waals surface area (Å²) in [4.78, 5) is 12.9. The molecule has 0 saturated carbocycles. The van der Waals surface area contributed by atoms with Gasteiger partial charge in [-0.3, -0.25) is 5.43 Å². The van der Waals surface area contributed by atoms with Crippen LogP contribution in [0.5, 0.6) is 0 Å². The molecular formula is C13H21N5OS. The number of nitrogens with zero attached hydrogens (tertiary/aromatic N) is 3. The molecule has 0 aliphatic rings. The SMILES string of the molecule is CCc1cc2c(N(C)CC(C)(C)O)nc(NN)nc2s1. The number of aryl methyl sites for hydroxylation is 1. The summed E-state index contributed by atoms with van der Waals surface area (Å²) in [6, 6.07) is 2.11. The van der Waals surface area contributed by atoms with Crippen molar-refractivity contribution in [3.63, 3.8) is 0 Å². The minimum atomic E-state index is -0.800. The molecule has 6 nitrogen and oxygen atoms in total. The zero-order valence-corrected chi connectivity index (χ0v) is 13.1. The average molecular weight is 295 g/mol. The highest BCUT2D eigenvalue weighted by Gasteiger charge is 2.20. The van der Waals surface area contributed by atoms with E-state index in [1.165, 1.54) is 4.88 Å². The van der Waals surface area contributed by atoms with Crippen LogP contribution in [0.3, 0.4) is 0 Å². The van der Waals surface area contributed by atoms with Gasteiger partial charge in [0.15, 0.2) is 0 Å². The van der Waals surface area contributed by atoms with Crippen molar-refractivity contribution in [3.05, 3.63) is 10.9 Å². The summed E-state index contributed by atoms with van der Waals surface area (Å²) in [5.74, 6) is 6.61. The van der Waals surface area contributed by atoms with Gasteiger partial charge in [-0.1, -0.05) is 6.92 Å². The van der Waals surface area contributed by atoms with Crippen molar-refractivity contribution in [1.82, 2.24) is 9.97 Å². The summed E-state index contributed by atoms with van der Waals surface area (Å²) in [5, 5.41) is 11.0. The molecule has 0 unspecified atom stereocenters. The lowest BCUT2D eigenvalue weighted by atomic mass is 10.1. The van der Waals surface area contributed by atoms with Crippen molar-refractivity contribution in [2.45, 2.75) is 32.8 Å². The van der Waals surface area contributed by atoms with Gasteiger partial charge < -0.3 is 10.0 Å². The van der Waals surface area contributed by atoms with Crippen LogP contribution in [-0.4, -0.2) is 34.3 Å². The van der Waals surface area contributed by atoms with Gasteiger partial charge in [0.1, 0.15) is 10.6 Å². The number of aromatic nitrogens is 2. The van der Waals surface area contributed by atoms with Crippen LogP contribution in [0, 0.1) is 0 Å². The van der Waals surface area contributed by atoms with Crippen LogP contribution in [0.4, 0.5) is 11.8 Å². The molecule has 2 heterocycles. The number of likely N-dealkylation sites (N-methyl/N-ethyl adjacent to an activating group) is 1. The molecule has 2 rings (SSSR count). The maximum Gasteiger partial charge on any atom is 0.240 e. The Hall–Kier alpha value is -1.44. The molecule has 0 aliphatic carbocycles. The Bertz CT molecular complexity index is 605. The predicted molar refractivity (Wildman–Crippen MR) is 84.2 cm³/mol. The molecule has 7 heteroatoms. The van der Waals surface area contributed by atoms with Gasteiger partial charge in [-0.25, -0.2) is 10.8 Å². The standard InChI is InChI=1S/C13H21N5OS/c1-5-8-6-9-10(18(4)7-13(2,3)19)15-12(17-14)16-11(9)20-8/h6,19H,5,7,14H2,1-4H3,(H,15,16,17). The fourth-order valence-corrected chi connectivity index (χ4v) is 3.10. The summed E-state index contributed by atoms with van der Waals surface area (Å²) in [5.41, 5.74) is 1.70. The molecule has 110 valence electrons. The van der Waals surface area contributed by atoms with Gasteiger partial charge in [-0.2, -0.15) is 4.98 Å². The Balaban J connectivity index is 2.51. The van der Waals surface area contributed by atoms with Gasteiger partial charge >= 0.3 is 0 Å². The summed E-state index contributed by atoms with van der Waals surface area (Å²) in [6.45, 7) is 6.13. The van der Waals surface area contributed by atoms with E-state index in [0.29, 0.717) is 12.5 Å². The van der Waals surface area contributed by atoms with Crippen LogP contribution < -0.4 is 16.2 Å². The van der Waals surface area contributed by atoms with Gasteiger partial charge in [0.05, 0.1) is 11.0 Å². The lowest BCUT2D eigenvalue weighted by molar-refractivity contribution is 0.0885. The molecule has 0 atom stereocenters. The van der Waals surface area contributed by atoms with E-state index >= 15 is 0 Å². The van der Waals surface area contributed by atoms with E-state index in [1.54, 1.807) is 25.2 Å². The number of hydrazine groups is 1. The molecule has 0 bridgehead atoms. The van der Waals surface area contributed by atoms with E-state index in [4.69, 9.17) is 5.84 Å². The Morgan fingerprint density at radius 2 is 2.15 bits per heavy atom. The van der Waals surface area contributed by atoms with Crippen molar-refractivity contribution in [1.29, 1.82) is 0 Å². The summed E-state index contributed by atoms with van der Waals surface area (Å²) in [6.07, 6.45) is 0.959. The minimum absolute atomic E-state index is 0.389. The third kappa shape index (κ3) is 3.17. The fourth-order valence-electron chi connectivity index (χ4n) is 2.14. The second-order valence-electron chi connectivity index (χ2n) is 5.47. The number of hydrogen-bond acceptors (Lipinski definition) is 7. The molecule has 0 saturated heterocycles. The average Bonchev–Trinajstić information content (AvgIpc) is 2.77. The molecule has 0 amide bonds. The molecule has 0 fully saturated rings. The van der Waals surface area contributed by atoms with Crippen molar-refractivity contribution < 1.29 is 5.11 Å². The number of thiophene rings is 1. The molecule has 20 heavy (non-hydrogen) atoms. The summed E-state index contributed by atoms with van der Waals surface area (Å²) >= 11 is 1.64. The zero-order chi connectivity index (χ0) is 14.9. The predicted octanol–water partition coefficient (Wildman–Crippen LogP) is 1.75. The Kier molecular flexibility index (Phi) is 4.12. The Labute approximate surface area is 122 Å². The second-order valence-corrected chi connectivity index (χ2v) is 6.58. The first-order valence-electron chi connectivity index (χ1n) is 6.54. The van der Waals surface area contributed by atoms with Crippen molar-refractivity contribution in [2.75, 3.05) is 23.9 Å². The first-order chi connectivity index (χ1) is 9.34. The summed E-state index contributed by atoms with van der Waals surface area (Å²) in [7, 11) is 1.91. The van der Waals surface area contributed by atoms with Gasteiger partial charge in [0.2, 0.25) is 5.95 Å². The molecule has 2 aromatic heterocycles. The number of nitrogens with one attached hydrogen (secondary N) is 1. The number of aliphatic hydroxyl groups is 1. The number of fused-ring (bicyclic) bond motifs is 1. The summed E-state index contributed by atoms with van der Waals surface area (Å²) < 4.78 is 0. The quantitative estimate of drug-likeness (QED) is 0.575. The maximum absolute atomic E-state index is 9.98. The van der Waals surface area contributed by atoms with Gasteiger partial charge in [-0.15, -0.1) is 11.3 Å². The molecule has 0 aliphatic heterocycles. The fraction of sp³-hybridized carbons (Fsp3) is 0.538. The topological polar surface area (TPSA) is 87.3 Å². The van der Waals surface area contributed by atoms with Crippen molar-refractivity contribution in [2.24, 2.45) is 5.84 Å². The van der Waals surface area contributed by atoms with E-state index < -0.39 is 5.60 Å². The van der Waals surface area contributed by atoms with Crippen LogP contribution in [-0.2, 0) is 6.42 Å². The first-order valence-corrected chi connectivity index (χ1v) is 7.36. The molecule has 2 aromatic rings. The monoisotopic (exact) mass is 295 g/mol. The van der Waals surface area contributed by atoms with Crippen LogP contribution in [0.1, 0.15) is 25.6 Å². The Morgan fingerprint density at radius 3 is 2.70 bits per heavy atom. The number of nitrogens with two attached hydrogens (primary N) is 1. The Morgan fingerprint density at radius 1 is 1.45 bits per heavy atom. The van der Waals surface area contributed by atoms with Crippen LogP contribution in [0.25, 0.3) is 10.2 Å². The van der Waals surface area contributed by atoms with E-state index in [9.17, 15) is 5.11 Å². The van der Waals surface area contributed by atoms with E-state index in [2.05, 4.69) is 28.4 Å². The lowest BCUT2D eigenvalue weighted by Gasteiger charge is -2.26. The number of nitrogen functional groups attached to an aromatic ring is 1. The van der Waals surface area contributed by atoms with Crippen molar-refractivity contribution in [3.8, 4) is 0 Å². The highest BCUT2D eigenvalue weighted by Crippen LogP contribution is 2.32. The van der Waals surface area contributed by atoms with Gasteiger partial charge in [-0.05, 0) is 26.3 Å². The smallest absolute Gasteiger partial charge is 0.240 e. The third-order valence-corrected chi connectivity index (χ3v) is 4.06.